The molecule has 2 heterocycles. The number of pyridine rings is 1. The molecular formula is C27H20ClN3O2S. The number of anilines is 2. The summed E-state index contributed by atoms with van der Waals surface area (Å²) in [5.74, 6) is -0.434. The van der Waals surface area contributed by atoms with Crippen molar-refractivity contribution in [3.63, 3.8) is 0 Å². The zero-order valence-electron chi connectivity index (χ0n) is 18.3. The molecule has 5 nitrogen and oxygen atoms in total. The highest BCUT2D eigenvalue weighted by atomic mass is 35.5. The number of carbonyl (C=O) groups excluding carboxylic acids is 2. The second kappa shape index (κ2) is 9.33. The minimum atomic E-state index is -0.301. The van der Waals surface area contributed by atoms with E-state index < -0.39 is 0 Å². The first-order valence-electron chi connectivity index (χ1n) is 10.7. The van der Waals surface area contributed by atoms with E-state index in [-0.39, 0.29) is 11.8 Å². The van der Waals surface area contributed by atoms with Crippen LogP contribution in [0.25, 0.3) is 0 Å². The van der Waals surface area contributed by atoms with Gasteiger partial charge in [-0.05, 0) is 72.6 Å². The van der Waals surface area contributed by atoms with Crippen LogP contribution in [0.1, 0.15) is 31.8 Å². The summed E-state index contributed by atoms with van der Waals surface area (Å²) in [4.78, 5) is 33.5. The standard InChI is InChI=1S/C27H20ClN3O2S/c1-17-8-13-21(22(28)15-17)25(32)30-20-11-9-18(10-12-20)27(33)31-16-19-5-2-3-7-24(19)34-26-23(31)6-4-14-29-26/h2-15H,16H2,1H3,(H,30,32). The maximum atomic E-state index is 13.5. The number of amides is 2. The number of benzene rings is 3. The first-order valence-corrected chi connectivity index (χ1v) is 11.9. The number of aromatic nitrogens is 1. The van der Waals surface area contributed by atoms with Crippen molar-refractivity contribution in [2.24, 2.45) is 0 Å². The highest BCUT2D eigenvalue weighted by Crippen LogP contribution is 2.40. The molecule has 3 aromatic carbocycles. The quantitative estimate of drug-likeness (QED) is 0.355. The lowest BCUT2D eigenvalue weighted by Gasteiger charge is -2.22. The molecule has 0 radical (unpaired) electrons. The predicted octanol–water partition coefficient (Wildman–Crippen LogP) is 6.61. The van der Waals surface area contributed by atoms with Gasteiger partial charge in [0.15, 0.2) is 0 Å². The van der Waals surface area contributed by atoms with Crippen molar-refractivity contribution >= 4 is 46.6 Å². The molecule has 1 aromatic heterocycles. The van der Waals surface area contributed by atoms with Gasteiger partial charge in [-0.1, -0.05) is 47.6 Å². The van der Waals surface area contributed by atoms with E-state index in [2.05, 4.69) is 10.3 Å². The van der Waals surface area contributed by atoms with Crippen molar-refractivity contribution in [1.29, 1.82) is 0 Å². The lowest BCUT2D eigenvalue weighted by atomic mass is 10.1. The van der Waals surface area contributed by atoms with Gasteiger partial charge in [-0.3, -0.25) is 9.59 Å². The molecule has 0 bridgehead atoms. The van der Waals surface area contributed by atoms with Crippen LogP contribution in [0.3, 0.4) is 0 Å². The van der Waals surface area contributed by atoms with Crippen molar-refractivity contribution in [3.05, 3.63) is 112 Å². The van der Waals surface area contributed by atoms with Crippen LogP contribution >= 0.6 is 23.4 Å². The largest absolute Gasteiger partial charge is 0.322 e. The summed E-state index contributed by atoms with van der Waals surface area (Å²) >= 11 is 7.78. The summed E-state index contributed by atoms with van der Waals surface area (Å²) in [7, 11) is 0. The third kappa shape index (κ3) is 4.42. The van der Waals surface area contributed by atoms with Crippen LogP contribution in [0.5, 0.6) is 0 Å². The maximum Gasteiger partial charge on any atom is 0.258 e. The minimum Gasteiger partial charge on any atom is -0.322 e. The fourth-order valence-corrected chi connectivity index (χ4v) is 5.13. The van der Waals surface area contributed by atoms with E-state index in [0.29, 0.717) is 28.4 Å². The molecule has 1 N–H and O–H groups in total. The number of carbonyl (C=O) groups is 2. The van der Waals surface area contributed by atoms with Crippen molar-refractivity contribution in [3.8, 4) is 0 Å². The van der Waals surface area contributed by atoms with Crippen LogP contribution in [0, 0.1) is 6.92 Å². The molecule has 5 rings (SSSR count). The number of fused-ring (bicyclic) bond motifs is 2. The molecule has 34 heavy (non-hydrogen) atoms. The molecule has 0 spiro atoms. The fraction of sp³-hybridized carbons (Fsp3) is 0.0741. The minimum absolute atomic E-state index is 0.133. The van der Waals surface area contributed by atoms with Crippen LogP contribution in [0.2, 0.25) is 5.02 Å². The topological polar surface area (TPSA) is 62.3 Å². The molecular weight excluding hydrogens is 466 g/mol. The van der Waals surface area contributed by atoms with Gasteiger partial charge in [0.05, 0.1) is 22.8 Å². The summed E-state index contributed by atoms with van der Waals surface area (Å²) in [6.45, 7) is 2.37. The average molecular weight is 486 g/mol. The number of hydrogen-bond donors (Lipinski definition) is 1. The Morgan fingerprint density at radius 2 is 1.79 bits per heavy atom. The molecule has 1 aliphatic rings. The number of nitrogens with zero attached hydrogens (tertiary/aromatic N) is 2. The second-order valence-electron chi connectivity index (χ2n) is 7.94. The Balaban J connectivity index is 1.39. The van der Waals surface area contributed by atoms with Gasteiger partial charge < -0.3 is 10.2 Å². The monoisotopic (exact) mass is 485 g/mol. The third-order valence-corrected chi connectivity index (χ3v) is 6.99. The first-order chi connectivity index (χ1) is 16.5. The van der Waals surface area contributed by atoms with E-state index in [1.165, 1.54) is 0 Å². The van der Waals surface area contributed by atoms with Crippen LogP contribution in [-0.2, 0) is 6.54 Å². The van der Waals surface area contributed by atoms with Crippen LogP contribution in [0.15, 0.2) is 95.0 Å². The molecule has 4 aromatic rings. The lowest BCUT2D eigenvalue weighted by Crippen LogP contribution is -2.30. The normalized spacial score (nSPS) is 12.4. The highest BCUT2D eigenvalue weighted by Gasteiger charge is 2.26. The van der Waals surface area contributed by atoms with Crippen molar-refractivity contribution in [1.82, 2.24) is 4.98 Å². The molecule has 0 unspecified atom stereocenters. The molecule has 2 amide bonds. The Morgan fingerprint density at radius 3 is 2.59 bits per heavy atom. The number of hydrogen-bond acceptors (Lipinski definition) is 4. The van der Waals surface area contributed by atoms with E-state index in [9.17, 15) is 9.59 Å². The Labute approximate surface area is 206 Å². The van der Waals surface area contributed by atoms with Gasteiger partial charge in [-0.2, -0.15) is 0 Å². The second-order valence-corrected chi connectivity index (χ2v) is 9.38. The molecule has 0 aliphatic carbocycles. The zero-order chi connectivity index (χ0) is 23.7. The van der Waals surface area contributed by atoms with Crippen molar-refractivity contribution < 1.29 is 9.59 Å². The first kappa shape index (κ1) is 22.2. The molecule has 1 aliphatic heterocycles. The summed E-state index contributed by atoms with van der Waals surface area (Å²) in [5, 5.41) is 4.03. The van der Waals surface area contributed by atoms with E-state index >= 15 is 0 Å². The average Bonchev–Trinajstić information content (AvgIpc) is 3.01. The summed E-state index contributed by atoms with van der Waals surface area (Å²) < 4.78 is 0. The van der Waals surface area contributed by atoms with Crippen LogP contribution in [-0.4, -0.2) is 16.8 Å². The summed E-state index contributed by atoms with van der Waals surface area (Å²) in [6.07, 6.45) is 1.74. The van der Waals surface area contributed by atoms with E-state index in [1.54, 1.807) is 59.3 Å². The van der Waals surface area contributed by atoms with Gasteiger partial charge in [0, 0.05) is 22.3 Å². The van der Waals surface area contributed by atoms with E-state index in [0.717, 1.165) is 26.7 Å². The van der Waals surface area contributed by atoms with Gasteiger partial charge in [-0.15, -0.1) is 0 Å². The highest BCUT2D eigenvalue weighted by molar-refractivity contribution is 7.99. The summed E-state index contributed by atoms with van der Waals surface area (Å²) in [6, 6.07) is 24.0. The number of aryl methyl sites for hydroxylation is 1. The number of rotatable bonds is 3. The molecule has 0 fully saturated rings. The molecule has 0 saturated heterocycles. The van der Waals surface area contributed by atoms with Gasteiger partial charge in [-0.25, -0.2) is 4.98 Å². The Kier molecular flexibility index (Phi) is 6.09. The lowest BCUT2D eigenvalue weighted by molar-refractivity contribution is 0.0983. The zero-order valence-corrected chi connectivity index (χ0v) is 19.9. The van der Waals surface area contributed by atoms with Gasteiger partial charge in [0.1, 0.15) is 5.03 Å². The van der Waals surface area contributed by atoms with E-state index in [4.69, 9.17) is 11.6 Å². The Hall–Kier alpha value is -3.61. The molecule has 7 heteroatoms. The summed E-state index contributed by atoms with van der Waals surface area (Å²) in [5.41, 5.74) is 4.33. The Morgan fingerprint density at radius 1 is 1.00 bits per heavy atom. The SMILES string of the molecule is Cc1ccc(C(=O)Nc2ccc(C(=O)N3Cc4ccccc4Sc4ncccc43)cc2)c(Cl)c1. The van der Waals surface area contributed by atoms with Crippen molar-refractivity contribution in [2.75, 3.05) is 10.2 Å². The Bertz CT molecular complexity index is 1410. The van der Waals surface area contributed by atoms with E-state index in [1.807, 2.05) is 49.4 Å². The van der Waals surface area contributed by atoms with Gasteiger partial charge in [0.2, 0.25) is 0 Å². The van der Waals surface area contributed by atoms with Gasteiger partial charge >= 0.3 is 0 Å². The van der Waals surface area contributed by atoms with Gasteiger partial charge in [0.25, 0.3) is 11.8 Å². The third-order valence-electron chi connectivity index (χ3n) is 5.55. The number of nitrogens with one attached hydrogen (secondary N) is 1. The number of halogens is 1. The molecule has 0 saturated carbocycles. The van der Waals surface area contributed by atoms with Crippen molar-refractivity contribution in [2.45, 2.75) is 23.4 Å². The molecule has 0 atom stereocenters. The smallest absolute Gasteiger partial charge is 0.258 e. The predicted molar refractivity (Wildman–Crippen MR) is 136 cm³/mol. The van der Waals surface area contributed by atoms with Crippen LogP contribution in [0.4, 0.5) is 11.4 Å². The maximum absolute atomic E-state index is 13.5. The molecule has 168 valence electrons. The van der Waals surface area contributed by atoms with Crippen LogP contribution < -0.4 is 10.2 Å². The fourth-order valence-electron chi connectivity index (χ4n) is 3.80.